The summed E-state index contributed by atoms with van der Waals surface area (Å²) in [6, 6.07) is 26.6. The minimum absolute atomic E-state index is 0.0412. The van der Waals surface area contributed by atoms with Gasteiger partial charge in [0.15, 0.2) is 6.61 Å². The second kappa shape index (κ2) is 11.5. The predicted octanol–water partition coefficient (Wildman–Crippen LogP) is 5.47. The maximum atomic E-state index is 13.1. The van der Waals surface area contributed by atoms with E-state index in [1.54, 1.807) is 48.5 Å². The molecule has 0 atom stereocenters. The van der Waals surface area contributed by atoms with Crippen LogP contribution in [0.4, 0.5) is 11.4 Å². The van der Waals surface area contributed by atoms with Crippen molar-refractivity contribution < 1.29 is 33.4 Å². The van der Waals surface area contributed by atoms with E-state index in [0.29, 0.717) is 35.2 Å². The molecule has 0 fully saturated rings. The monoisotopic (exact) mass is 536 g/mol. The Hall–Kier alpha value is -5.44. The molecule has 0 bridgehead atoms. The lowest BCUT2D eigenvalue weighted by Crippen LogP contribution is -2.29. The fourth-order valence-electron chi connectivity index (χ4n) is 4.13. The first-order valence-electron chi connectivity index (χ1n) is 12.5. The minimum atomic E-state index is -0.807. The van der Waals surface area contributed by atoms with Crippen molar-refractivity contribution in [3.8, 4) is 17.2 Å². The number of carbonyl (C=O) groups excluding carboxylic acids is 4. The maximum Gasteiger partial charge on any atom is 0.338 e. The Kier molecular flexibility index (Phi) is 7.54. The zero-order chi connectivity index (χ0) is 28.1. The summed E-state index contributed by atoms with van der Waals surface area (Å²) in [5.41, 5.74) is 1.14. The standard InChI is InChI=1S/C31H24N2O7/c1-2-38-23-14-12-22(13-15-23)33-29(35)26-16-11-20(17-27(26)30(33)36)31(37)39-19-28(34)32-21-7-6-10-25(18-21)40-24-8-4-3-5-9-24/h3-18H,2,19H2,1H3,(H,32,34). The molecule has 1 aliphatic rings. The average Bonchev–Trinajstić information content (AvgIpc) is 3.22. The highest BCUT2D eigenvalue weighted by Gasteiger charge is 2.37. The zero-order valence-electron chi connectivity index (χ0n) is 21.5. The van der Waals surface area contributed by atoms with E-state index in [0.717, 1.165) is 4.90 Å². The second-order valence-electron chi connectivity index (χ2n) is 8.70. The van der Waals surface area contributed by atoms with E-state index in [4.69, 9.17) is 14.2 Å². The molecule has 9 nitrogen and oxygen atoms in total. The molecule has 1 N–H and O–H groups in total. The van der Waals surface area contributed by atoms with E-state index in [2.05, 4.69) is 5.32 Å². The van der Waals surface area contributed by atoms with Gasteiger partial charge in [0.25, 0.3) is 17.7 Å². The number of fused-ring (bicyclic) bond motifs is 1. The van der Waals surface area contributed by atoms with Crippen LogP contribution in [0.25, 0.3) is 0 Å². The van der Waals surface area contributed by atoms with Crippen LogP contribution in [0.5, 0.6) is 17.2 Å². The highest BCUT2D eigenvalue weighted by atomic mass is 16.5. The van der Waals surface area contributed by atoms with Crippen molar-refractivity contribution >= 4 is 35.1 Å². The van der Waals surface area contributed by atoms with Gasteiger partial charge in [-0.05, 0) is 73.7 Å². The molecule has 0 unspecified atom stereocenters. The first-order valence-corrected chi connectivity index (χ1v) is 12.5. The number of nitrogens with zero attached hydrogens (tertiary/aromatic N) is 1. The molecule has 200 valence electrons. The van der Waals surface area contributed by atoms with E-state index < -0.39 is 30.3 Å². The van der Waals surface area contributed by atoms with Crippen LogP contribution in [0.2, 0.25) is 0 Å². The smallest absolute Gasteiger partial charge is 0.338 e. The van der Waals surface area contributed by atoms with E-state index in [1.807, 2.05) is 37.3 Å². The van der Waals surface area contributed by atoms with Crippen molar-refractivity contribution in [1.82, 2.24) is 0 Å². The lowest BCUT2D eigenvalue weighted by molar-refractivity contribution is -0.119. The topological polar surface area (TPSA) is 111 Å². The van der Waals surface area contributed by atoms with Crippen molar-refractivity contribution in [2.75, 3.05) is 23.4 Å². The van der Waals surface area contributed by atoms with Crippen LogP contribution < -0.4 is 19.7 Å². The van der Waals surface area contributed by atoms with E-state index in [1.165, 1.54) is 18.2 Å². The van der Waals surface area contributed by atoms with Gasteiger partial charge in [-0.15, -0.1) is 0 Å². The normalized spacial score (nSPS) is 12.1. The number of esters is 1. The predicted molar refractivity (Wildman–Crippen MR) is 147 cm³/mol. The highest BCUT2D eigenvalue weighted by molar-refractivity contribution is 6.34. The van der Waals surface area contributed by atoms with E-state index in [-0.39, 0.29) is 16.7 Å². The molecule has 0 radical (unpaired) electrons. The number of anilines is 2. The number of hydrogen-bond donors (Lipinski definition) is 1. The molecule has 4 aromatic carbocycles. The molecule has 0 aromatic heterocycles. The molecule has 1 aliphatic heterocycles. The number of hydrogen-bond acceptors (Lipinski definition) is 7. The van der Waals surface area contributed by atoms with Crippen LogP contribution in [0, 0.1) is 0 Å². The first kappa shape index (κ1) is 26.2. The van der Waals surface area contributed by atoms with Crippen LogP contribution in [0.15, 0.2) is 97.1 Å². The van der Waals surface area contributed by atoms with Gasteiger partial charge in [0.2, 0.25) is 0 Å². The zero-order valence-corrected chi connectivity index (χ0v) is 21.5. The van der Waals surface area contributed by atoms with E-state index in [9.17, 15) is 19.2 Å². The van der Waals surface area contributed by atoms with Crippen LogP contribution in [-0.4, -0.2) is 36.9 Å². The Labute approximate surface area is 229 Å². The Morgan fingerprint density at radius 1 is 0.750 bits per heavy atom. The lowest BCUT2D eigenvalue weighted by Gasteiger charge is -2.14. The molecular formula is C31H24N2O7. The number of ether oxygens (including phenoxy) is 3. The van der Waals surface area contributed by atoms with Crippen LogP contribution >= 0.6 is 0 Å². The average molecular weight is 537 g/mol. The Balaban J connectivity index is 1.20. The maximum absolute atomic E-state index is 13.1. The summed E-state index contributed by atoms with van der Waals surface area (Å²) in [5.74, 6) is -0.630. The minimum Gasteiger partial charge on any atom is -0.494 e. The highest BCUT2D eigenvalue weighted by Crippen LogP contribution is 2.30. The van der Waals surface area contributed by atoms with Gasteiger partial charge < -0.3 is 19.5 Å². The van der Waals surface area contributed by atoms with Crippen LogP contribution in [-0.2, 0) is 9.53 Å². The first-order chi connectivity index (χ1) is 19.4. The van der Waals surface area contributed by atoms with Crippen molar-refractivity contribution in [3.63, 3.8) is 0 Å². The molecule has 3 amide bonds. The number of imide groups is 1. The van der Waals surface area contributed by atoms with Crippen LogP contribution in [0.1, 0.15) is 38.0 Å². The SMILES string of the molecule is CCOc1ccc(N2C(=O)c3ccc(C(=O)OCC(=O)Nc4cccc(Oc5ccccc5)c4)cc3C2=O)cc1. The Bertz CT molecular complexity index is 1580. The Morgan fingerprint density at radius 2 is 1.48 bits per heavy atom. The summed E-state index contributed by atoms with van der Waals surface area (Å²) in [7, 11) is 0. The molecule has 1 heterocycles. The number of para-hydroxylation sites is 1. The van der Waals surface area contributed by atoms with Gasteiger partial charge in [-0.2, -0.15) is 0 Å². The van der Waals surface area contributed by atoms with Crippen molar-refractivity contribution in [3.05, 3.63) is 114 Å². The van der Waals surface area contributed by atoms with Crippen molar-refractivity contribution in [1.29, 1.82) is 0 Å². The fraction of sp³-hybridized carbons (Fsp3) is 0.0968. The molecule has 4 aromatic rings. The molecule has 0 saturated carbocycles. The second-order valence-corrected chi connectivity index (χ2v) is 8.70. The van der Waals surface area contributed by atoms with Gasteiger partial charge in [-0.1, -0.05) is 24.3 Å². The largest absolute Gasteiger partial charge is 0.494 e. The number of amides is 3. The third kappa shape index (κ3) is 5.68. The molecule has 0 saturated heterocycles. The lowest BCUT2D eigenvalue weighted by atomic mass is 10.1. The summed E-state index contributed by atoms with van der Waals surface area (Å²) < 4.78 is 16.3. The molecule has 5 rings (SSSR count). The summed E-state index contributed by atoms with van der Waals surface area (Å²) in [6.45, 7) is 1.79. The van der Waals surface area contributed by atoms with Gasteiger partial charge in [0.1, 0.15) is 17.2 Å². The quantitative estimate of drug-likeness (QED) is 0.223. The van der Waals surface area contributed by atoms with Crippen molar-refractivity contribution in [2.45, 2.75) is 6.92 Å². The summed E-state index contributed by atoms with van der Waals surface area (Å²) in [5, 5.41) is 2.65. The Morgan fingerprint density at radius 3 is 2.23 bits per heavy atom. The van der Waals surface area contributed by atoms with Gasteiger partial charge in [-0.25, -0.2) is 9.69 Å². The number of nitrogens with one attached hydrogen (secondary N) is 1. The van der Waals surface area contributed by atoms with Gasteiger partial charge >= 0.3 is 5.97 Å². The van der Waals surface area contributed by atoms with Crippen molar-refractivity contribution in [2.24, 2.45) is 0 Å². The van der Waals surface area contributed by atoms with Gasteiger partial charge in [0, 0.05) is 11.8 Å². The number of rotatable bonds is 9. The molecule has 9 heteroatoms. The van der Waals surface area contributed by atoms with E-state index >= 15 is 0 Å². The summed E-state index contributed by atoms with van der Waals surface area (Å²) >= 11 is 0. The molecular weight excluding hydrogens is 512 g/mol. The third-order valence-corrected chi connectivity index (χ3v) is 5.96. The van der Waals surface area contributed by atoms with Gasteiger partial charge in [-0.3, -0.25) is 14.4 Å². The summed E-state index contributed by atoms with van der Waals surface area (Å²) in [4.78, 5) is 52.1. The fourth-order valence-corrected chi connectivity index (χ4v) is 4.13. The summed E-state index contributed by atoms with van der Waals surface area (Å²) in [6.07, 6.45) is 0. The third-order valence-electron chi connectivity index (χ3n) is 5.96. The van der Waals surface area contributed by atoms with Gasteiger partial charge in [0.05, 0.1) is 29.0 Å². The number of benzene rings is 4. The molecule has 40 heavy (non-hydrogen) atoms. The van der Waals surface area contributed by atoms with Crippen LogP contribution in [0.3, 0.4) is 0 Å². The molecule has 0 spiro atoms. The number of carbonyl (C=O) groups is 4. The molecule has 0 aliphatic carbocycles.